The van der Waals surface area contributed by atoms with E-state index in [-0.39, 0.29) is 17.7 Å². The molecule has 0 unspecified atom stereocenters. The number of nitrogens with two attached hydrogens (primary N) is 1. The van der Waals surface area contributed by atoms with E-state index in [2.05, 4.69) is 21.5 Å². The highest BCUT2D eigenvalue weighted by molar-refractivity contribution is 5.95. The van der Waals surface area contributed by atoms with Crippen LogP contribution in [0, 0.1) is 5.82 Å². The maximum atomic E-state index is 13.9. The van der Waals surface area contributed by atoms with Crippen molar-refractivity contribution in [1.82, 2.24) is 34.6 Å². The Morgan fingerprint density at radius 2 is 1.98 bits per heavy atom. The molecule has 11 heteroatoms. The van der Waals surface area contributed by atoms with Crippen molar-refractivity contribution in [2.45, 2.75) is 18.9 Å². The Hall–Kier alpha value is -5.58. The van der Waals surface area contributed by atoms with Gasteiger partial charge in [-0.1, -0.05) is 6.07 Å². The van der Waals surface area contributed by atoms with Gasteiger partial charge in [-0.15, -0.1) is 0 Å². The van der Waals surface area contributed by atoms with E-state index in [1.165, 1.54) is 25.3 Å². The Bertz CT molecular complexity index is 1970. The molecule has 0 saturated carbocycles. The van der Waals surface area contributed by atoms with E-state index in [9.17, 15) is 9.18 Å². The minimum atomic E-state index is -0.515. The first-order valence-electron chi connectivity index (χ1n) is 13.4. The van der Waals surface area contributed by atoms with Gasteiger partial charge in [0.1, 0.15) is 11.3 Å². The summed E-state index contributed by atoms with van der Waals surface area (Å²) in [6.07, 6.45) is 6.68. The zero-order valence-corrected chi connectivity index (χ0v) is 22.5. The third-order valence-electron chi connectivity index (χ3n) is 7.49. The molecule has 3 N–H and O–H groups in total. The number of carbonyl (C=O) groups is 1. The highest BCUT2D eigenvalue weighted by Crippen LogP contribution is 2.36. The summed E-state index contributed by atoms with van der Waals surface area (Å²) >= 11 is 0. The third-order valence-corrected chi connectivity index (χ3v) is 7.49. The highest BCUT2D eigenvalue weighted by Gasteiger charge is 2.26. The Labute approximate surface area is 239 Å². The molecule has 0 saturated heterocycles. The average Bonchev–Trinajstić information content (AvgIpc) is 3.76. The first-order chi connectivity index (χ1) is 20.5. The summed E-state index contributed by atoms with van der Waals surface area (Å²) in [6.45, 7) is 0. The van der Waals surface area contributed by atoms with Crippen molar-refractivity contribution in [2.75, 3.05) is 12.8 Å². The average molecular weight is 561 g/mol. The lowest BCUT2D eigenvalue weighted by Gasteiger charge is -2.16. The van der Waals surface area contributed by atoms with Crippen LogP contribution in [-0.4, -0.2) is 42.3 Å². The molecule has 0 aliphatic heterocycles. The number of aryl methyl sites for hydroxylation is 1. The van der Waals surface area contributed by atoms with E-state index >= 15 is 0 Å². The number of carbonyl (C=O) groups excluding carboxylic acids is 1. The molecule has 42 heavy (non-hydrogen) atoms. The molecule has 0 bridgehead atoms. The number of nitrogen functional groups attached to an aromatic ring is 1. The summed E-state index contributed by atoms with van der Waals surface area (Å²) in [5.41, 5.74) is 11.6. The summed E-state index contributed by atoms with van der Waals surface area (Å²) in [6, 6.07) is 19.3. The molecule has 1 aliphatic rings. The number of hydrogen-bond acceptors (Lipinski definition) is 7. The van der Waals surface area contributed by atoms with Crippen molar-refractivity contribution in [3.05, 3.63) is 108 Å². The van der Waals surface area contributed by atoms with Crippen LogP contribution in [0.25, 0.3) is 34.1 Å². The van der Waals surface area contributed by atoms with Gasteiger partial charge in [-0.05, 0) is 84.6 Å². The van der Waals surface area contributed by atoms with Crippen molar-refractivity contribution in [3.8, 4) is 28.6 Å². The number of hydrogen-bond donors (Lipinski definition) is 2. The molecule has 7 rings (SSSR count). The van der Waals surface area contributed by atoms with Crippen LogP contribution in [-0.2, 0) is 6.42 Å². The maximum Gasteiger partial charge on any atom is 0.251 e. The minimum absolute atomic E-state index is 0.0288. The fraction of sp³-hybridized carbons (Fsp3) is 0.129. The Balaban J connectivity index is 1.28. The van der Waals surface area contributed by atoms with Gasteiger partial charge < -0.3 is 15.8 Å². The standard InChI is InChI=1S/C31H25FN8O2/c1-42-26-17-19(5-9-23(26)32)31(41)37-24-10-6-18-16-20(7-8-21(18)24)40-29(22-4-2-13-34-28(22)33)36-25-11-12-27(38-30(25)40)39-15-3-14-35-39/h2-5,7-9,11-17,24H,6,10H2,1H3,(H2,33,34)(H,37,41)/t24-/m0/s1. The number of ether oxygens (including phenoxy) is 1. The summed E-state index contributed by atoms with van der Waals surface area (Å²) in [5, 5.41) is 7.42. The lowest BCUT2D eigenvalue weighted by atomic mass is 10.1. The van der Waals surface area contributed by atoms with E-state index in [1.54, 1.807) is 17.1 Å². The summed E-state index contributed by atoms with van der Waals surface area (Å²) in [7, 11) is 1.37. The first-order valence-corrected chi connectivity index (χ1v) is 13.4. The molecule has 1 atom stereocenters. The molecule has 1 aliphatic carbocycles. The van der Waals surface area contributed by atoms with Crippen LogP contribution in [0.3, 0.4) is 0 Å². The van der Waals surface area contributed by atoms with E-state index < -0.39 is 5.82 Å². The number of amides is 1. The summed E-state index contributed by atoms with van der Waals surface area (Å²) in [5.74, 6) is 0.859. The topological polar surface area (TPSA) is 126 Å². The van der Waals surface area contributed by atoms with Gasteiger partial charge >= 0.3 is 0 Å². The summed E-state index contributed by atoms with van der Waals surface area (Å²) in [4.78, 5) is 27.1. The molecule has 0 fully saturated rings. The van der Waals surface area contributed by atoms with Crippen LogP contribution in [0.2, 0.25) is 0 Å². The van der Waals surface area contributed by atoms with E-state index in [1.807, 2.05) is 53.2 Å². The van der Waals surface area contributed by atoms with Gasteiger partial charge in [0.15, 0.2) is 28.9 Å². The zero-order valence-electron chi connectivity index (χ0n) is 22.5. The SMILES string of the molecule is COc1cc(C(=O)N[C@H]2CCc3cc(-n4c(-c5cccnc5N)nc5ccc(-n6cccn6)nc54)ccc32)ccc1F. The van der Waals surface area contributed by atoms with Crippen LogP contribution in [0.4, 0.5) is 10.2 Å². The number of pyridine rings is 2. The molecule has 1 amide bonds. The molecule has 0 spiro atoms. The number of methoxy groups -OCH3 is 1. The van der Waals surface area contributed by atoms with Crippen LogP contribution >= 0.6 is 0 Å². The first kappa shape index (κ1) is 25.4. The van der Waals surface area contributed by atoms with Gasteiger partial charge in [0.2, 0.25) is 0 Å². The quantitative estimate of drug-likeness (QED) is 0.299. The number of nitrogens with zero attached hydrogens (tertiary/aromatic N) is 6. The van der Waals surface area contributed by atoms with Crippen molar-refractivity contribution in [3.63, 3.8) is 0 Å². The zero-order chi connectivity index (χ0) is 28.8. The number of halogens is 1. The number of imidazole rings is 1. The largest absolute Gasteiger partial charge is 0.494 e. The van der Waals surface area contributed by atoms with Gasteiger partial charge in [-0.2, -0.15) is 5.10 Å². The molecule has 0 radical (unpaired) electrons. The van der Waals surface area contributed by atoms with Crippen molar-refractivity contribution < 1.29 is 13.9 Å². The minimum Gasteiger partial charge on any atom is -0.494 e. The molecule has 10 nitrogen and oxygen atoms in total. The predicted octanol–water partition coefficient (Wildman–Crippen LogP) is 4.82. The van der Waals surface area contributed by atoms with Gasteiger partial charge in [-0.25, -0.2) is 24.0 Å². The molecular weight excluding hydrogens is 535 g/mol. The van der Waals surface area contributed by atoms with Crippen LogP contribution in [0.1, 0.15) is 33.9 Å². The molecule has 208 valence electrons. The monoisotopic (exact) mass is 560 g/mol. The normalized spacial score (nSPS) is 14.2. The van der Waals surface area contributed by atoms with Crippen LogP contribution in [0.5, 0.6) is 5.75 Å². The number of anilines is 1. The number of rotatable bonds is 6. The van der Waals surface area contributed by atoms with Crippen molar-refractivity contribution in [2.24, 2.45) is 0 Å². The highest BCUT2D eigenvalue weighted by atomic mass is 19.1. The number of aromatic nitrogens is 6. The Morgan fingerprint density at radius 1 is 1.07 bits per heavy atom. The number of fused-ring (bicyclic) bond motifs is 2. The second kappa shape index (κ2) is 10.1. The smallest absolute Gasteiger partial charge is 0.251 e. The molecular formula is C31H25FN8O2. The Morgan fingerprint density at radius 3 is 2.79 bits per heavy atom. The fourth-order valence-corrected chi connectivity index (χ4v) is 5.45. The lowest BCUT2D eigenvalue weighted by molar-refractivity contribution is 0.0936. The van der Waals surface area contributed by atoms with Crippen LogP contribution in [0.15, 0.2) is 85.3 Å². The van der Waals surface area contributed by atoms with Gasteiger partial charge in [0.25, 0.3) is 5.91 Å². The van der Waals surface area contributed by atoms with Gasteiger partial charge in [0.05, 0.1) is 18.7 Å². The predicted molar refractivity (Wildman–Crippen MR) is 155 cm³/mol. The summed E-state index contributed by atoms with van der Waals surface area (Å²) < 4.78 is 22.6. The molecule has 2 aromatic carbocycles. The van der Waals surface area contributed by atoms with E-state index in [4.69, 9.17) is 20.4 Å². The Kier molecular flexibility index (Phi) is 6.11. The maximum absolute atomic E-state index is 13.9. The lowest BCUT2D eigenvalue weighted by Crippen LogP contribution is -2.27. The third kappa shape index (κ3) is 4.31. The fourth-order valence-electron chi connectivity index (χ4n) is 5.45. The van der Waals surface area contributed by atoms with Crippen molar-refractivity contribution in [1.29, 1.82) is 0 Å². The van der Waals surface area contributed by atoms with Gasteiger partial charge in [0, 0.05) is 29.8 Å². The van der Waals surface area contributed by atoms with E-state index in [0.717, 1.165) is 29.7 Å². The number of nitrogens with one attached hydrogen (secondary N) is 1. The van der Waals surface area contributed by atoms with Gasteiger partial charge in [-0.3, -0.25) is 9.36 Å². The number of benzene rings is 2. The second-order valence-electron chi connectivity index (χ2n) is 9.97. The molecule has 4 aromatic heterocycles. The van der Waals surface area contributed by atoms with Crippen molar-refractivity contribution >= 4 is 22.9 Å². The van der Waals surface area contributed by atoms with Crippen LogP contribution < -0.4 is 15.8 Å². The molecule has 4 heterocycles. The second-order valence-corrected chi connectivity index (χ2v) is 9.97. The van der Waals surface area contributed by atoms with E-state index in [0.29, 0.717) is 39.8 Å². The molecule has 6 aromatic rings.